The molecule has 104 valence electrons. The Bertz CT molecular complexity index is 356. The first-order valence-corrected chi connectivity index (χ1v) is 7.57. The Kier molecular flexibility index (Phi) is 2.53. The van der Waals surface area contributed by atoms with E-state index >= 15 is 0 Å². The molecule has 3 aliphatic carbocycles. The van der Waals surface area contributed by atoms with Gasteiger partial charge in [0, 0.05) is 17.9 Å². The highest BCUT2D eigenvalue weighted by Gasteiger charge is 2.79. The molecule has 0 aromatic heterocycles. The van der Waals surface area contributed by atoms with Crippen LogP contribution in [0.2, 0.25) is 0 Å². The van der Waals surface area contributed by atoms with Crippen molar-refractivity contribution in [3.05, 3.63) is 0 Å². The number of hydrogen-bond donors (Lipinski definition) is 1. The van der Waals surface area contributed by atoms with E-state index in [1.54, 1.807) is 7.11 Å². The molecule has 1 N–H and O–H groups in total. The normalized spacial score (nSPS) is 48.2. The molecule has 3 fully saturated rings. The van der Waals surface area contributed by atoms with Gasteiger partial charge in [0.25, 0.3) is 0 Å². The molecule has 0 aromatic rings. The Morgan fingerprint density at radius 1 is 1.11 bits per heavy atom. The van der Waals surface area contributed by atoms with Crippen LogP contribution < -0.4 is 0 Å². The summed E-state index contributed by atoms with van der Waals surface area (Å²) in [6, 6.07) is 0. The minimum Gasteiger partial charge on any atom is -0.386 e. The van der Waals surface area contributed by atoms with Crippen molar-refractivity contribution in [3.8, 4) is 0 Å². The van der Waals surface area contributed by atoms with Gasteiger partial charge in [-0.2, -0.15) is 0 Å². The summed E-state index contributed by atoms with van der Waals surface area (Å²) < 4.78 is 5.48. The van der Waals surface area contributed by atoms with Gasteiger partial charge in [-0.25, -0.2) is 0 Å². The van der Waals surface area contributed by atoms with Crippen LogP contribution in [0.4, 0.5) is 0 Å². The molecule has 2 nitrogen and oxygen atoms in total. The number of aliphatic hydroxyl groups is 1. The molecular weight excluding hydrogens is 224 g/mol. The molecule has 0 heterocycles. The molecule has 2 bridgehead atoms. The van der Waals surface area contributed by atoms with E-state index in [9.17, 15) is 5.11 Å². The van der Waals surface area contributed by atoms with Gasteiger partial charge in [0.15, 0.2) is 0 Å². The second kappa shape index (κ2) is 3.52. The topological polar surface area (TPSA) is 29.5 Å². The highest BCUT2D eigenvalue weighted by molar-refractivity contribution is 5.28. The Morgan fingerprint density at radius 2 is 1.72 bits per heavy atom. The van der Waals surface area contributed by atoms with E-state index in [4.69, 9.17) is 4.74 Å². The minimum atomic E-state index is -0.613. The van der Waals surface area contributed by atoms with Gasteiger partial charge >= 0.3 is 0 Å². The van der Waals surface area contributed by atoms with Gasteiger partial charge in [-0.15, -0.1) is 0 Å². The summed E-state index contributed by atoms with van der Waals surface area (Å²) in [5.41, 5.74) is -0.215. The molecular formula is C16H28O2. The first kappa shape index (κ1) is 12.9. The fraction of sp³-hybridized carbons (Fsp3) is 1.00. The van der Waals surface area contributed by atoms with Crippen molar-refractivity contribution >= 4 is 0 Å². The van der Waals surface area contributed by atoms with E-state index in [1.165, 1.54) is 32.1 Å². The smallest absolute Gasteiger partial charge is 0.0996 e. The van der Waals surface area contributed by atoms with Gasteiger partial charge < -0.3 is 9.84 Å². The van der Waals surface area contributed by atoms with Crippen LogP contribution >= 0.6 is 0 Å². The summed E-state index contributed by atoms with van der Waals surface area (Å²) in [4.78, 5) is 0. The van der Waals surface area contributed by atoms with Crippen LogP contribution in [0, 0.1) is 22.2 Å². The van der Waals surface area contributed by atoms with Crippen molar-refractivity contribution < 1.29 is 9.84 Å². The van der Waals surface area contributed by atoms with Gasteiger partial charge in [-0.1, -0.05) is 33.6 Å². The summed E-state index contributed by atoms with van der Waals surface area (Å²) in [6.07, 6.45) is 7.44. The maximum atomic E-state index is 11.6. The van der Waals surface area contributed by atoms with E-state index in [-0.39, 0.29) is 16.2 Å². The highest BCUT2D eigenvalue weighted by atomic mass is 16.5. The van der Waals surface area contributed by atoms with Crippen molar-refractivity contribution in [2.75, 3.05) is 13.7 Å². The van der Waals surface area contributed by atoms with Crippen LogP contribution in [-0.2, 0) is 4.74 Å². The quantitative estimate of drug-likeness (QED) is 0.816. The fourth-order valence-electron chi connectivity index (χ4n) is 6.32. The zero-order chi connectivity index (χ0) is 13.2. The van der Waals surface area contributed by atoms with E-state index in [1.807, 2.05) is 0 Å². The molecule has 3 atom stereocenters. The Hall–Kier alpha value is -0.0800. The van der Waals surface area contributed by atoms with Crippen molar-refractivity contribution in [1.82, 2.24) is 0 Å². The van der Waals surface area contributed by atoms with Gasteiger partial charge in [0.2, 0.25) is 0 Å². The van der Waals surface area contributed by atoms with Crippen LogP contribution in [0.5, 0.6) is 0 Å². The van der Waals surface area contributed by atoms with Crippen LogP contribution in [0.25, 0.3) is 0 Å². The highest BCUT2D eigenvalue weighted by Crippen LogP contribution is 2.79. The largest absolute Gasteiger partial charge is 0.386 e. The molecule has 0 amide bonds. The van der Waals surface area contributed by atoms with Gasteiger partial charge in [-0.05, 0) is 37.0 Å². The van der Waals surface area contributed by atoms with Crippen LogP contribution in [0.1, 0.15) is 59.3 Å². The zero-order valence-corrected chi connectivity index (χ0v) is 12.4. The average Bonchev–Trinajstić information content (AvgIpc) is 2.87. The molecule has 0 saturated heterocycles. The lowest BCUT2D eigenvalue weighted by Crippen LogP contribution is -2.59. The average molecular weight is 252 g/mol. The summed E-state index contributed by atoms with van der Waals surface area (Å²) in [5.74, 6) is 0.678. The third-order valence-corrected chi connectivity index (χ3v) is 7.48. The third-order valence-electron chi connectivity index (χ3n) is 7.48. The lowest BCUT2D eigenvalue weighted by Gasteiger charge is -2.52. The van der Waals surface area contributed by atoms with Gasteiger partial charge in [0.1, 0.15) is 0 Å². The van der Waals surface area contributed by atoms with E-state index in [2.05, 4.69) is 20.8 Å². The second-order valence-electron chi connectivity index (χ2n) is 7.80. The van der Waals surface area contributed by atoms with E-state index in [0.29, 0.717) is 12.5 Å². The molecule has 3 aliphatic rings. The monoisotopic (exact) mass is 252 g/mol. The van der Waals surface area contributed by atoms with Gasteiger partial charge in [-0.3, -0.25) is 0 Å². The Morgan fingerprint density at radius 3 is 2.28 bits per heavy atom. The summed E-state index contributed by atoms with van der Waals surface area (Å²) in [5, 5.41) is 11.6. The van der Waals surface area contributed by atoms with Crippen molar-refractivity contribution in [1.29, 1.82) is 0 Å². The van der Waals surface area contributed by atoms with Crippen molar-refractivity contribution in [3.63, 3.8) is 0 Å². The first-order valence-electron chi connectivity index (χ1n) is 7.57. The number of ether oxygens (including phenoxy) is 1. The molecule has 18 heavy (non-hydrogen) atoms. The predicted molar refractivity (Wildman–Crippen MR) is 72.3 cm³/mol. The third kappa shape index (κ3) is 1.06. The summed E-state index contributed by atoms with van der Waals surface area (Å²) in [6.45, 7) is 7.61. The molecule has 1 spiro atoms. The van der Waals surface area contributed by atoms with E-state index < -0.39 is 5.60 Å². The predicted octanol–water partition coefficient (Wildman–Crippen LogP) is 3.38. The second-order valence-corrected chi connectivity index (χ2v) is 7.80. The number of hydrogen-bond acceptors (Lipinski definition) is 2. The lowest BCUT2D eigenvalue weighted by molar-refractivity contribution is -0.189. The van der Waals surface area contributed by atoms with Gasteiger partial charge in [0.05, 0.1) is 12.2 Å². The summed E-state index contributed by atoms with van der Waals surface area (Å²) in [7, 11) is 1.74. The van der Waals surface area contributed by atoms with Crippen molar-refractivity contribution in [2.45, 2.75) is 64.9 Å². The number of fused-ring (bicyclic) bond motifs is 3. The molecule has 3 rings (SSSR count). The lowest BCUT2D eigenvalue weighted by atomic mass is 9.57. The number of rotatable bonds is 2. The van der Waals surface area contributed by atoms with Crippen molar-refractivity contribution in [2.24, 2.45) is 22.2 Å². The Balaban J connectivity index is 2.15. The van der Waals surface area contributed by atoms with E-state index in [0.717, 1.165) is 6.42 Å². The molecule has 0 aliphatic heterocycles. The minimum absolute atomic E-state index is 0.0189. The first-order chi connectivity index (χ1) is 8.36. The molecule has 3 saturated carbocycles. The molecule has 0 aromatic carbocycles. The fourth-order valence-corrected chi connectivity index (χ4v) is 6.32. The summed E-state index contributed by atoms with van der Waals surface area (Å²) >= 11 is 0. The van der Waals surface area contributed by atoms with Crippen LogP contribution in [-0.4, -0.2) is 24.4 Å². The molecule has 0 radical (unpaired) electrons. The standard InChI is InChI=1S/C16H28O2/c1-13(2)12-7-10-14(13,3)16(17,11-18-4)15(12)8-5-6-9-15/h12,17H,5-11H2,1-4H3/t12-,14+,16+/m1/s1. The van der Waals surface area contributed by atoms with Crippen LogP contribution in [0.3, 0.4) is 0 Å². The maximum Gasteiger partial charge on any atom is 0.0996 e. The molecule has 0 unspecified atom stereocenters. The Labute approximate surface area is 111 Å². The maximum absolute atomic E-state index is 11.6. The zero-order valence-electron chi connectivity index (χ0n) is 12.4. The SMILES string of the molecule is COC[C@@]1(O)C2(CCCC2)[C@@H]2CC[C@@]1(C)C2(C)C. The molecule has 2 heteroatoms. The number of methoxy groups -OCH3 is 1. The van der Waals surface area contributed by atoms with Crippen LogP contribution in [0.15, 0.2) is 0 Å².